The van der Waals surface area contributed by atoms with Crippen molar-refractivity contribution in [2.45, 2.75) is 49.8 Å². The summed E-state index contributed by atoms with van der Waals surface area (Å²) in [5.41, 5.74) is 9.39. The maximum absolute atomic E-state index is 11.8. The van der Waals surface area contributed by atoms with E-state index in [2.05, 4.69) is 6.92 Å². The number of hydrogen-bond acceptors (Lipinski definition) is 3. The molecule has 0 amide bonds. The third kappa shape index (κ3) is 2.56. The lowest BCUT2D eigenvalue weighted by Gasteiger charge is -2.31. The standard InChI is InChI=1S/C15H23NO2S/c1-11-8-13(19(3,17)18)9-14(12(11)2)15(10-16)6-4-5-7-15/h8-9H,4-7,10,16H2,1-3H3. The largest absolute Gasteiger partial charge is 0.330 e. The number of hydrogen-bond donors (Lipinski definition) is 1. The van der Waals surface area contributed by atoms with Gasteiger partial charge in [-0.25, -0.2) is 8.42 Å². The number of sulfone groups is 1. The van der Waals surface area contributed by atoms with Crippen LogP contribution >= 0.6 is 0 Å². The summed E-state index contributed by atoms with van der Waals surface area (Å²) < 4.78 is 23.6. The van der Waals surface area contributed by atoms with Gasteiger partial charge in [-0.1, -0.05) is 12.8 Å². The highest BCUT2D eigenvalue weighted by molar-refractivity contribution is 7.90. The van der Waals surface area contributed by atoms with E-state index in [4.69, 9.17) is 5.73 Å². The summed E-state index contributed by atoms with van der Waals surface area (Å²) in [5, 5.41) is 0. The Morgan fingerprint density at radius 3 is 2.26 bits per heavy atom. The average Bonchev–Trinajstić information content (AvgIpc) is 2.80. The molecular formula is C15H23NO2S. The summed E-state index contributed by atoms with van der Waals surface area (Å²) in [5.74, 6) is 0. The molecule has 2 rings (SSSR count). The van der Waals surface area contributed by atoms with Crippen molar-refractivity contribution in [3.63, 3.8) is 0 Å². The first-order valence-electron chi connectivity index (χ1n) is 6.82. The van der Waals surface area contributed by atoms with Crippen LogP contribution in [0.2, 0.25) is 0 Å². The molecule has 1 aliphatic carbocycles. The van der Waals surface area contributed by atoms with Crippen molar-refractivity contribution in [2.75, 3.05) is 12.8 Å². The first-order valence-corrected chi connectivity index (χ1v) is 8.71. The lowest BCUT2D eigenvalue weighted by Crippen LogP contribution is -2.33. The molecule has 2 N–H and O–H groups in total. The molecule has 1 aliphatic rings. The van der Waals surface area contributed by atoms with Gasteiger partial charge in [0.25, 0.3) is 0 Å². The van der Waals surface area contributed by atoms with Gasteiger partial charge in [-0.2, -0.15) is 0 Å². The van der Waals surface area contributed by atoms with Gasteiger partial charge in [0.2, 0.25) is 0 Å². The predicted octanol–water partition coefficient (Wildman–Crippen LogP) is 2.48. The Kier molecular flexibility index (Phi) is 3.76. The quantitative estimate of drug-likeness (QED) is 0.926. The normalized spacial score (nSPS) is 18.7. The summed E-state index contributed by atoms with van der Waals surface area (Å²) in [7, 11) is -3.17. The Balaban J connectivity index is 2.65. The number of aryl methyl sites for hydroxylation is 1. The molecule has 1 aromatic rings. The van der Waals surface area contributed by atoms with Crippen molar-refractivity contribution >= 4 is 9.84 Å². The van der Waals surface area contributed by atoms with E-state index in [9.17, 15) is 8.42 Å². The highest BCUT2D eigenvalue weighted by Gasteiger charge is 2.36. The van der Waals surface area contributed by atoms with Gasteiger partial charge in [0, 0.05) is 18.2 Å². The zero-order valence-electron chi connectivity index (χ0n) is 12.0. The minimum atomic E-state index is -3.17. The zero-order valence-corrected chi connectivity index (χ0v) is 12.8. The van der Waals surface area contributed by atoms with E-state index in [1.54, 1.807) is 6.07 Å². The van der Waals surface area contributed by atoms with Crippen LogP contribution < -0.4 is 5.73 Å². The van der Waals surface area contributed by atoms with Gasteiger partial charge in [-0.3, -0.25) is 0 Å². The van der Waals surface area contributed by atoms with Crippen LogP contribution in [0.5, 0.6) is 0 Å². The molecule has 1 saturated carbocycles. The predicted molar refractivity (Wildman–Crippen MR) is 78.2 cm³/mol. The van der Waals surface area contributed by atoms with Crippen molar-refractivity contribution in [3.8, 4) is 0 Å². The molecule has 0 saturated heterocycles. The van der Waals surface area contributed by atoms with Gasteiger partial charge in [0.15, 0.2) is 9.84 Å². The van der Waals surface area contributed by atoms with Crippen molar-refractivity contribution in [1.29, 1.82) is 0 Å². The van der Waals surface area contributed by atoms with Crippen LogP contribution in [0.25, 0.3) is 0 Å². The molecule has 0 atom stereocenters. The van der Waals surface area contributed by atoms with Gasteiger partial charge in [-0.15, -0.1) is 0 Å². The van der Waals surface area contributed by atoms with E-state index in [0.29, 0.717) is 11.4 Å². The fraction of sp³-hybridized carbons (Fsp3) is 0.600. The Morgan fingerprint density at radius 2 is 1.79 bits per heavy atom. The lowest BCUT2D eigenvalue weighted by atomic mass is 9.76. The first-order chi connectivity index (χ1) is 8.80. The topological polar surface area (TPSA) is 60.2 Å². The Labute approximate surface area is 116 Å². The smallest absolute Gasteiger partial charge is 0.175 e. The van der Waals surface area contributed by atoms with Gasteiger partial charge in [-0.05, 0) is 55.5 Å². The summed E-state index contributed by atoms with van der Waals surface area (Å²) in [4.78, 5) is 0.422. The van der Waals surface area contributed by atoms with Gasteiger partial charge >= 0.3 is 0 Å². The van der Waals surface area contributed by atoms with Gasteiger partial charge < -0.3 is 5.73 Å². The Bertz CT molecular complexity index is 584. The van der Waals surface area contributed by atoms with E-state index in [-0.39, 0.29) is 5.41 Å². The molecule has 106 valence electrons. The van der Waals surface area contributed by atoms with Gasteiger partial charge in [0.1, 0.15) is 0 Å². The molecule has 0 spiro atoms. The van der Waals surface area contributed by atoms with Crippen LogP contribution in [0.15, 0.2) is 17.0 Å². The van der Waals surface area contributed by atoms with Crippen molar-refractivity contribution < 1.29 is 8.42 Å². The fourth-order valence-electron chi connectivity index (χ4n) is 3.23. The van der Waals surface area contributed by atoms with Crippen molar-refractivity contribution in [3.05, 3.63) is 28.8 Å². The van der Waals surface area contributed by atoms with Crippen LogP contribution in [0.1, 0.15) is 42.4 Å². The minimum Gasteiger partial charge on any atom is -0.330 e. The van der Waals surface area contributed by atoms with E-state index in [1.807, 2.05) is 13.0 Å². The number of nitrogens with two attached hydrogens (primary N) is 1. The average molecular weight is 281 g/mol. The SMILES string of the molecule is Cc1cc(S(C)(=O)=O)cc(C2(CN)CCCC2)c1C. The van der Waals surface area contributed by atoms with Crippen molar-refractivity contribution in [2.24, 2.45) is 5.73 Å². The van der Waals surface area contributed by atoms with E-state index in [1.165, 1.54) is 24.7 Å². The van der Waals surface area contributed by atoms with Crippen LogP contribution in [0.4, 0.5) is 0 Å². The zero-order chi connectivity index (χ0) is 14.3. The third-order valence-corrected chi connectivity index (χ3v) is 5.68. The molecule has 0 unspecified atom stereocenters. The summed E-state index contributed by atoms with van der Waals surface area (Å²) in [6, 6.07) is 3.63. The monoisotopic (exact) mass is 281 g/mol. The molecule has 1 aromatic carbocycles. The molecule has 4 heteroatoms. The second-order valence-electron chi connectivity index (χ2n) is 5.88. The van der Waals surface area contributed by atoms with E-state index >= 15 is 0 Å². The van der Waals surface area contributed by atoms with Crippen LogP contribution in [0.3, 0.4) is 0 Å². The van der Waals surface area contributed by atoms with Crippen LogP contribution in [0, 0.1) is 13.8 Å². The van der Waals surface area contributed by atoms with E-state index in [0.717, 1.165) is 24.0 Å². The van der Waals surface area contributed by atoms with Crippen LogP contribution in [-0.4, -0.2) is 21.2 Å². The molecule has 19 heavy (non-hydrogen) atoms. The maximum atomic E-state index is 11.8. The van der Waals surface area contributed by atoms with Crippen molar-refractivity contribution in [1.82, 2.24) is 0 Å². The molecule has 0 radical (unpaired) electrons. The van der Waals surface area contributed by atoms with Gasteiger partial charge in [0.05, 0.1) is 4.90 Å². The van der Waals surface area contributed by atoms with Crippen LogP contribution in [-0.2, 0) is 15.3 Å². The molecule has 0 aliphatic heterocycles. The summed E-state index contributed by atoms with van der Waals surface area (Å²) in [6.45, 7) is 4.65. The number of benzene rings is 1. The number of rotatable bonds is 3. The van der Waals surface area contributed by atoms with E-state index < -0.39 is 9.84 Å². The Morgan fingerprint density at radius 1 is 1.21 bits per heavy atom. The Hall–Kier alpha value is -0.870. The molecular weight excluding hydrogens is 258 g/mol. The maximum Gasteiger partial charge on any atom is 0.175 e. The second kappa shape index (κ2) is 4.91. The third-order valence-electron chi connectivity index (χ3n) is 4.59. The molecule has 0 aromatic heterocycles. The first kappa shape index (κ1) is 14.5. The minimum absolute atomic E-state index is 0.0183. The summed E-state index contributed by atoms with van der Waals surface area (Å²) in [6.07, 6.45) is 5.76. The molecule has 3 nitrogen and oxygen atoms in total. The second-order valence-corrected chi connectivity index (χ2v) is 7.89. The highest BCUT2D eigenvalue weighted by Crippen LogP contribution is 2.42. The summed E-state index contributed by atoms with van der Waals surface area (Å²) >= 11 is 0. The molecule has 0 heterocycles. The molecule has 0 bridgehead atoms. The molecule has 1 fully saturated rings. The highest BCUT2D eigenvalue weighted by atomic mass is 32.2. The fourth-order valence-corrected chi connectivity index (χ4v) is 3.95. The lowest BCUT2D eigenvalue weighted by molar-refractivity contribution is 0.449.